The Kier molecular flexibility index (Phi) is 4.77. The lowest BCUT2D eigenvalue weighted by molar-refractivity contribution is 0.0955. The molecule has 3 aromatic rings. The second-order valence-electron chi connectivity index (χ2n) is 5.32. The number of hydrazone groups is 1. The summed E-state index contributed by atoms with van der Waals surface area (Å²) in [6.45, 7) is 1.91. The second-order valence-corrected chi connectivity index (χ2v) is 5.76. The first-order valence-corrected chi connectivity index (χ1v) is 7.85. The minimum absolute atomic E-state index is 0.254. The van der Waals surface area contributed by atoms with Gasteiger partial charge in [0.1, 0.15) is 0 Å². The lowest BCUT2D eigenvalue weighted by Gasteiger charge is -2.02. The van der Waals surface area contributed by atoms with Gasteiger partial charge in [-0.25, -0.2) is 5.43 Å². The van der Waals surface area contributed by atoms with Gasteiger partial charge in [-0.2, -0.15) is 5.10 Å². The summed E-state index contributed by atoms with van der Waals surface area (Å²) in [5, 5.41) is 4.65. The molecule has 0 saturated heterocycles. The molecule has 2 N–H and O–H groups in total. The minimum Gasteiger partial charge on any atom is -0.360 e. The van der Waals surface area contributed by atoms with Crippen molar-refractivity contribution in [1.29, 1.82) is 0 Å². The van der Waals surface area contributed by atoms with E-state index in [1.807, 2.05) is 49.4 Å². The van der Waals surface area contributed by atoms with E-state index in [1.54, 1.807) is 24.5 Å². The molecule has 5 heteroatoms. The van der Waals surface area contributed by atoms with Gasteiger partial charge in [0.05, 0.1) is 11.8 Å². The van der Waals surface area contributed by atoms with Crippen LogP contribution in [0.4, 0.5) is 0 Å². The number of nitrogens with zero attached hydrogens (tertiary/aromatic N) is 1. The molecule has 0 bridgehead atoms. The summed E-state index contributed by atoms with van der Waals surface area (Å²) in [6.07, 6.45) is 3.28. The van der Waals surface area contributed by atoms with Gasteiger partial charge in [0, 0.05) is 16.9 Å². The van der Waals surface area contributed by atoms with Gasteiger partial charge in [-0.05, 0) is 35.7 Å². The van der Waals surface area contributed by atoms with Crippen LogP contribution in [0, 0.1) is 6.92 Å². The third-order valence-electron chi connectivity index (χ3n) is 3.70. The average Bonchev–Trinajstić information content (AvgIpc) is 2.99. The van der Waals surface area contributed by atoms with Crippen molar-refractivity contribution in [2.75, 3.05) is 0 Å². The Morgan fingerprint density at radius 3 is 2.54 bits per heavy atom. The van der Waals surface area contributed by atoms with E-state index in [1.165, 1.54) is 0 Å². The normalized spacial score (nSPS) is 10.9. The first-order valence-electron chi connectivity index (χ1n) is 7.47. The summed E-state index contributed by atoms with van der Waals surface area (Å²) in [5.41, 5.74) is 6.84. The van der Waals surface area contributed by atoms with E-state index >= 15 is 0 Å². The zero-order valence-corrected chi connectivity index (χ0v) is 13.8. The molecular weight excluding hydrogens is 322 g/mol. The highest BCUT2D eigenvalue weighted by molar-refractivity contribution is 6.30. The standard InChI is InChI=1S/C19H16ClN3O/c1-13-17(12-21-18(13)15-5-3-2-4-6-15)19(24)23-22-11-14-7-9-16(20)10-8-14/h2-12,21H,1H3,(H,23,24)/b22-11+. The van der Waals surface area contributed by atoms with E-state index in [2.05, 4.69) is 15.5 Å². The fourth-order valence-corrected chi connectivity index (χ4v) is 2.54. The lowest BCUT2D eigenvalue weighted by Crippen LogP contribution is -2.17. The van der Waals surface area contributed by atoms with E-state index in [0.717, 1.165) is 22.4 Å². The highest BCUT2D eigenvalue weighted by Crippen LogP contribution is 2.24. The van der Waals surface area contributed by atoms with Crippen LogP contribution >= 0.6 is 11.6 Å². The number of hydrogen-bond donors (Lipinski definition) is 2. The summed E-state index contributed by atoms with van der Waals surface area (Å²) in [5.74, 6) is -0.254. The number of nitrogens with one attached hydrogen (secondary N) is 2. The molecule has 3 rings (SSSR count). The Labute approximate surface area is 145 Å². The molecule has 0 spiro atoms. The Hall–Kier alpha value is -2.85. The first kappa shape index (κ1) is 16.0. The maximum absolute atomic E-state index is 12.3. The molecule has 24 heavy (non-hydrogen) atoms. The monoisotopic (exact) mass is 337 g/mol. The minimum atomic E-state index is -0.254. The molecule has 1 heterocycles. The molecule has 0 saturated carbocycles. The molecule has 0 radical (unpaired) electrons. The Morgan fingerprint density at radius 2 is 1.83 bits per heavy atom. The van der Waals surface area contributed by atoms with Gasteiger partial charge in [-0.1, -0.05) is 54.1 Å². The Bertz CT molecular complexity index is 867. The molecule has 2 aromatic carbocycles. The van der Waals surface area contributed by atoms with Crippen molar-refractivity contribution >= 4 is 23.7 Å². The molecule has 0 atom stereocenters. The SMILES string of the molecule is Cc1c(C(=O)N/N=C/c2ccc(Cl)cc2)c[nH]c1-c1ccccc1. The number of carbonyl (C=O) groups is 1. The lowest BCUT2D eigenvalue weighted by atomic mass is 10.1. The highest BCUT2D eigenvalue weighted by atomic mass is 35.5. The van der Waals surface area contributed by atoms with Crippen LogP contribution in [0.2, 0.25) is 5.02 Å². The third-order valence-corrected chi connectivity index (χ3v) is 3.95. The maximum Gasteiger partial charge on any atom is 0.273 e. The first-order chi connectivity index (χ1) is 11.6. The molecule has 0 aliphatic carbocycles. The molecule has 4 nitrogen and oxygen atoms in total. The summed E-state index contributed by atoms with van der Waals surface area (Å²) >= 11 is 5.83. The van der Waals surface area contributed by atoms with Crippen LogP contribution in [-0.4, -0.2) is 17.1 Å². The zero-order valence-electron chi connectivity index (χ0n) is 13.1. The zero-order chi connectivity index (χ0) is 16.9. The van der Waals surface area contributed by atoms with Crippen LogP contribution in [0.15, 0.2) is 65.9 Å². The van der Waals surface area contributed by atoms with Gasteiger partial charge in [-0.15, -0.1) is 0 Å². The predicted octanol–water partition coefficient (Wildman–Crippen LogP) is 4.41. The average molecular weight is 338 g/mol. The van der Waals surface area contributed by atoms with E-state index in [4.69, 9.17) is 11.6 Å². The Balaban J connectivity index is 1.72. The van der Waals surface area contributed by atoms with Crippen LogP contribution in [0.5, 0.6) is 0 Å². The smallest absolute Gasteiger partial charge is 0.273 e. The molecule has 0 aliphatic rings. The summed E-state index contributed by atoms with van der Waals surface area (Å²) in [6, 6.07) is 17.1. The van der Waals surface area contributed by atoms with Crippen molar-refractivity contribution in [2.24, 2.45) is 5.10 Å². The number of carbonyl (C=O) groups excluding carboxylic acids is 1. The molecule has 0 unspecified atom stereocenters. The van der Waals surface area contributed by atoms with Crippen molar-refractivity contribution < 1.29 is 4.79 Å². The quantitative estimate of drug-likeness (QED) is 0.537. The molecule has 120 valence electrons. The van der Waals surface area contributed by atoms with Gasteiger partial charge >= 0.3 is 0 Å². The fraction of sp³-hybridized carbons (Fsp3) is 0.0526. The van der Waals surface area contributed by atoms with Gasteiger partial charge in [-0.3, -0.25) is 4.79 Å². The number of aromatic amines is 1. The Morgan fingerprint density at radius 1 is 1.12 bits per heavy atom. The molecule has 1 amide bonds. The third kappa shape index (κ3) is 3.55. The second kappa shape index (κ2) is 7.15. The highest BCUT2D eigenvalue weighted by Gasteiger charge is 2.14. The predicted molar refractivity (Wildman–Crippen MR) is 97.5 cm³/mol. The molecular formula is C19H16ClN3O. The van der Waals surface area contributed by atoms with Crippen LogP contribution in [0.1, 0.15) is 21.5 Å². The van der Waals surface area contributed by atoms with E-state index < -0.39 is 0 Å². The summed E-state index contributed by atoms with van der Waals surface area (Å²) < 4.78 is 0. The van der Waals surface area contributed by atoms with Crippen molar-refractivity contribution in [3.05, 3.63) is 82.5 Å². The number of H-pyrrole nitrogens is 1. The van der Waals surface area contributed by atoms with Gasteiger partial charge in [0.15, 0.2) is 0 Å². The van der Waals surface area contributed by atoms with E-state index in [9.17, 15) is 4.79 Å². The molecule has 1 aromatic heterocycles. The van der Waals surface area contributed by atoms with E-state index in [-0.39, 0.29) is 5.91 Å². The fourth-order valence-electron chi connectivity index (χ4n) is 2.41. The number of hydrogen-bond acceptors (Lipinski definition) is 2. The topological polar surface area (TPSA) is 57.2 Å². The van der Waals surface area contributed by atoms with Crippen LogP contribution in [-0.2, 0) is 0 Å². The number of benzene rings is 2. The van der Waals surface area contributed by atoms with Crippen molar-refractivity contribution in [2.45, 2.75) is 6.92 Å². The van der Waals surface area contributed by atoms with Crippen molar-refractivity contribution in [1.82, 2.24) is 10.4 Å². The van der Waals surface area contributed by atoms with Crippen molar-refractivity contribution in [3.8, 4) is 11.3 Å². The van der Waals surface area contributed by atoms with Crippen molar-refractivity contribution in [3.63, 3.8) is 0 Å². The molecule has 0 aliphatic heterocycles. The number of aromatic nitrogens is 1. The maximum atomic E-state index is 12.3. The largest absolute Gasteiger partial charge is 0.360 e. The van der Waals surface area contributed by atoms with Crippen LogP contribution in [0.3, 0.4) is 0 Å². The van der Waals surface area contributed by atoms with Gasteiger partial charge in [0.25, 0.3) is 5.91 Å². The summed E-state index contributed by atoms with van der Waals surface area (Å²) in [4.78, 5) is 15.4. The van der Waals surface area contributed by atoms with E-state index in [0.29, 0.717) is 10.6 Å². The van der Waals surface area contributed by atoms with Gasteiger partial charge < -0.3 is 4.98 Å². The summed E-state index contributed by atoms with van der Waals surface area (Å²) in [7, 11) is 0. The molecule has 0 fully saturated rings. The number of amides is 1. The van der Waals surface area contributed by atoms with Gasteiger partial charge in [0.2, 0.25) is 0 Å². The number of rotatable bonds is 4. The van der Waals surface area contributed by atoms with Crippen LogP contribution in [0.25, 0.3) is 11.3 Å². The van der Waals surface area contributed by atoms with Crippen LogP contribution < -0.4 is 5.43 Å². The number of halogens is 1.